The van der Waals surface area contributed by atoms with Gasteiger partial charge >= 0.3 is 0 Å². The zero-order valence-electron chi connectivity index (χ0n) is 9.15. The molecule has 0 saturated heterocycles. The molecule has 0 unspecified atom stereocenters. The van der Waals surface area contributed by atoms with E-state index in [0.29, 0.717) is 10.7 Å². The van der Waals surface area contributed by atoms with E-state index in [4.69, 9.17) is 16.9 Å². The lowest BCUT2D eigenvalue weighted by Gasteiger charge is -2.03. The highest BCUT2D eigenvalue weighted by Crippen LogP contribution is 2.30. The molecule has 0 fully saturated rings. The summed E-state index contributed by atoms with van der Waals surface area (Å²) in [5.41, 5.74) is 3.84. The molecule has 0 atom stereocenters. The standard InChI is InChI=1S/C13H10ClN3/c14-13-11-2-1-3-12(11)16-17(13)10-6-4-9(8-15)5-7-10/h4-7H,1-3H2. The molecule has 0 bridgehead atoms. The predicted molar refractivity (Wildman–Crippen MR) is 65.3 cm³/mol. The van der Waals surface area contributed by atoms with Crippen LogP contribution in [0.2, 0.25) is 5.15 Å². The number of hydrogen-bond donors (Lipinski definition) is 0. The van der Waals surface area contributed by atoms with Crippen molar-refractivity contribution in [3.63, 3.8) is 0 Å². The molecule has 3 rings (SSSR count). The lowest BCUT2D eigenvalue weighted by molar-refractivity contribution is 0.801. The summed E-state index contributed by atoms with van der Waals surface area (Å²) in [4.78, 5) is 0. The molecular formula is C13H10ClN3. The van der Waals surface area contributed by atoms with Crippen molar-refractivity contribution in [2.75, 3.05) is 0 Å². The van der Waals surface area contributed by atoms with Crippen molar-refractivity contribution in [1.82, 2.24) is 9.78 Å². The minimum absolute atomic E-state index is 0.643. The molecule has 1 aromatic carbocycles. The van der Waals surface area contributed by atoms with Gasteiger partial charge in [0.1, 0.15) is 5.15 Å². The molecule has 1 aromatic heterocycles. The fourth-order valence-corrected chi connectivity index (χ4v) is 2.54. The summed E-state index contributed by atoms with van der Waals surface area (Å²) < 4.78 is 1.76. The van der Waals surface area contributed by atoms with Crippen LogP contribution in [0.3, 0.4) is 0 Å². The first-order chi connectivity index (χ1) is 8.29. The highest BCUT2D eigenvalue weighted by atomic mass is 35.5. The Balaban J connectivity index is 2.07. The highest BCUT2D eigenvalue weighted by Gasteiger charge is 2.21. The van der Waals surface area contributed by atoms with Crippen LogP contribution < -0.4 is 0 Å². The third kappa shape index (κ3) is 1.62. The van der Waals surface area contributed by atoms with Crippen LogP contribution in [0.5, 0.6) is 0 Å². The van der Waals surface area contributed by atoms with Gasteiger partial charge in [0.05, 0.1) is 23.0 Å². The Hall–Kier alpha value is -1.79. The van der Waals surface area contributed by atoms with E-state index in [2.05, 4.69) is 11.2 Å². The molecule has 3 nitrogen and oxygen atoms in total. The molecule has 0 amide bonds. The second-order valence-electron chi connectivity index (χ2n) is 4.14. The Bertz CT molecular complexity index is 605. The van der Waals surface area contributed by atoms with Crippen molar-refractivity contribution in [2.45, 2.75) is 19.3 Å². The van der Waals surface area contributed by atoms with Gasteiger partial charge in [-0.3, -0.25) is 0 Å². The van der Waals surface area contributed by atoms with E-state index in [-0.39, 0.29) is 0 Å². The SMILES string of the molecule is N#Cc1ccc(-n2nc3c(c2Cl)CCC3)cc1. The Morgan fingerprint density at radius 3 is 2.65 bits per heavy atom. The van der Waals surface area contributed by atoms with Crippen molar-refractivity contribution in [1.29, 1.82) is 5.26 Å². The molecule has 84 valence electrons. The lowest BCUT2D eigenvalue weighted by Crippen LogP contribution is -1.98. The molecule has 0 saturated carbocycles. The minimum atomic E-state index is 0.643. The normalized spacial score (nSPS) is 13.4. The molecule has 1 heterocycles. The number of nitrogens with zero attached hydrogens (tertiary/aromatic N) is 3. The third-order valence-electron chi connectivity index (χ3n) is 3.09. The molecule has 4 heteroatoms. The lowest BCUT2D eigenvalue weighted by atomic mass is 10.2. The quantitative estimate of drug-likeness (QED) is 0.773. The maximum Gasteiger partial charge on any atom is 0.136 e. The fourth-order valence-electron chi connectivity index (χ4n) is 2.20. The van der Waals surface area contributed by atoms with Gasteiger partial charge in [-0.05, 0) is 43.5 Å². The summed E-state index contributed by atoms with van der Waals surface area (Å²) in [6.45, 7) is 0. The van der Waals surface area contributed by atoms with Crippen molar-refractivity contribution < 1.29 is 0 Å². The molecule has 0 radical (unpaired) electrons. The monoisotopic (exact) mass is 243 g/mol. The van der Waals surface area contributed by atoms with E-state index in [1.165, 1.54) is 5.56 Å². The summed E-state index contributed by atoms with van der Waals surface area (Å²) in [6.07, 6.45) is 3.17. The van der Waals surface area contributed by atoms with Crippen LogP contribution in [0.1, 0.15) is 23.2 Å². The Labute approximate surface area is 104 Å². The zero-order chi connectivity index (χ0) is 11.8. The second-order valence-corrected chi connectivity index (χ2v) is 4.50. The van der Waals surface area contributed by atoms with E-state index < -0.39 is 0 Å². The number of hydrogen-bond acceptors (Lipinski definition) is 2. The number of aromatic nitrogens is 2. The Kier molecular flexibility index (Phi) is 2.38. The topological polar surface area (TPSA) is 41.6 Å². The zero-order valence-corrected chi connectivity index (χ0v) is 9.91. The molecule has 17 heavy (non-hydrogen) atoms. The van der Waals surface area contributed by atoms with Gasteiger partial charge in [-0.15, -0.1) is 0 Å². The van der Waals surface area contributed by atoms with Gasteiger partial charge in [0, 0.05) is 5.56 Å². The fraction of sp³-hybridized carbons (Fsp3) is 0.231. The van der Waals surface area contributed by atoms with Gasteiger partial charge in [0.2, 0.25) is 0 Å². The van der Waals surface area contributed by atoms with Gasteiger partial charge in [-0.25, -0.2) is 4.68 Å². The molecule has 1 aliphatic carbocycles. The first-order valence-electron chi connectivity index (χ1n) is 5.56. The molecule has 1 aliphatic rings. The van der Waals surface area contributed by atoms with E-state index in [1.54, 1.807) is 16.8 Å². The van der Waals surface area contributed by atoms with Crippen LogP contribution in [0.15, 0.2) is 24.3 Å². The summed E-state index contributed by atoms with van der Waals surface area (Å²) >= 11 is 6.31. The van der Waals surface area contributed by atoms with Gasteiger partial charge in [0.15, 0.2) is 0 Å². The molecule has 0 N–H and O–H groups in total. The van der Waals surface area contributed by atoms with E-state index in [9.17, 15) is 0 Å². The van der Waals surface area contributed by atoms with Crippen LogP contribution in [0.4, 0.5) is 0 Å². The highest BCUT2D eigenvalue weighted by molar-refractivity contribution is 6.30. The third-order valence-corrected chi connectivity index (χ3v) is 3.47. The van der Waals surface area contributed by atoms with Crippen LogP contribution in [-0.2, 0) is 12.8 Å². The summed E-state index contributed by atoms with van der Waals surface area (Å²) in [6, 6.07) is 9.38. The average molecular weight is 244 g/mol. The van der Waals surface area contributed by atoms with Crippen LogP contribution in [0, 0.1) is 11.3 Å². The van der Waals surface area contributed by atoms with Gasteiger partial charge in [0.25, 0.3) is 0 Å². The van der Waals surface area contributed by atoms with Crippen LogP contribution in [-0.4, -0.2) is 9.78 Å². The minimum Gasteiger partial charge on any atom is -0.222 e. The second kappa shape index (κ2) is 3.90. The van der Waals surface area contributed by atoms with Crippen molar-refractivity contribution in [3.05, 3.63) is 46.2 Å². The number of halogens is 1. The summed E-state index contributed by atoms with van der Waals surface area (Å²) in [5.74, 6) is 0. The average Bonchev–Trinajstić information content (AvgIpc) is 2.93. The van der Waals surface area contributed by atoms with E-state index >= 15 is 0 Å². The van der Waals surface area contributed by atoms with Crippen molar-refractivity contribution in [2.24, 2.45) is 0 Å². The van der Waals surface area contributed by atoms with Gasteiger partial charge < -0.3 is 0 Å². The first-order valence-corrected chi connectivity index (χ1v) is 5.94. The summed E-state index contributed by atoms with van der Waals surface area (Å²) in [5, 5.41) is 14.0. The van der Waals surface area contributed by atoms with Crippen LogP contribution in [0.25, 0.3) is 5.69 Å². The predicted octanol–water partition coefficient (Wildman–Crippen LogP) is 2.89. The first kappa shape index (κ1) is 10.4. The Morgan fingerprint density at radius 2 is 2.00 bits per heavy atom. The summed E-state index contributed by atoms with van der Waals surface area (Å²) in [7, 11) is 0. The largest absolute Gasteiger partial charge is 0.222 e. The van der Waals surface area contributed by atoms with Crippen LogP contribution >= 0.6 is 11.6 Å². The number of nitriles is 1. The molecule has 2 aromatic rings. The molecular weight excluding hydrogens is 234 g/mol. The number of benzene rings is 1. The maximum atomic E-state index is 8.75. The van der Waals surface area contributed by atoms with Gasteiger partial charge in [-0.2, -0.15) is 10.4 Å². The van der Waals surface area contributed by atoms with Gasteiger partial charge in [-0.1, -0.05) is 11.6 Å². The maximum absolute atomic E-state index is 8.75. The van der Waals surface area contributed by atoms with Crippen molar-refractivity contribution >= 4 is 11.6 Å². The smallest absolute Gasteiger partial charge is 0.136 e. The number of rotatable bonds is 1. The van der Waals surface area contributed by atoms with E-state index in [1.807, 2.05) is 12.1 Å². The number of aryl methyl sites for hydroxylation is 1. The number of fused-ring (bicyclic) bond motifs is 1. The van der Waals surface area contributed by atoms with Crippen molar-refractivity contribution in [3.8, 4) is 11.8 Å². The van der Waals surface area contributed by atoms with E-state index in [0.717, 1.165) is 30.6 Å². The molecule has 0 spiro atoms. The molecule has 0 aliphatic heterocycles. The Morgan fingerprint density at radius 1 is 1.24 bits per heavy atom.